The number of thioether (sulfide) groups is 1. The van der Waals surface area contributed by atoms with Gasteiger partial charge in [-0.15, -0.1) is 0 Å². The topological polar surface area (TPSA) is 69.6 Å². The predicted molar refractivity (Wildman–Crippen MR) is 137 cm³/mol. The van der Waals surface area contributed by atoms with Crippen LogP contribution in [0.2, 0.25) is 0 Å². The van der Waals surface area contributed by atoms with Gasteiger partial charge in [-0.2, -0.15) is 31.3 Å². The van der Waals surface area contributed by atoms with Gasteiger partial charge >= 0.3 is 12.4 Å². The van der Waals surface area contributed by atoms with E-state index < -0.39 is 47.3 Å². The summed E-state index contributed by atoms with van der Waals surface area (Å²) in [6, 6.07) is 5.94. The first kappa shape index (κ1) is 29.3. The van der Waals surface area contributed by atoms with Crippen LogP contribution in [-0.4, -0.2) is 55.2 Å². The minimum Gasteiger partial charge on any atom is -0.493 e. The van der Waals surface area contributed by atoms with E-state index in [0.717, 1.165) is 6.07 Å². The number of amides is 1. The Bertz CT molecular complexity index is 1380. The second-order valence-corrected chi connectivity index (χ2v) is 10.5. The van der Waals surface area contributed by atoms with Crippen molar-refractivity contribution >= 4 is 28.9 Å². The molecule has 0 radical (unpaired) electrons. The van der Waals surface area contributed by atoms with Crippen LogP contribution in [-0.2, 0) is 33.2 Å². The molecule has 41 heavy (non-hydrogen) atoms. The third-order valence-electron chi connectivity index (χ3n) is 6.83. The number of hydrogen-bond donors (Lipinski definition) is 0. The number of aliphatic imine (C=N–C) groups is 1. The standard InChI is InChI=1S/C27H24F6N2O5S/c1-37-21-12-16(13-22-23(36)34-24(41-22)35-8-6-25(7-9-35)39-10-11-40-25)2-5-20(21)38-15-17-3-4-18(26(28,29)30)14-19(17)27(31,32)33/h2-5,12-14H,6-11,15H2,1H3/b22-13-. The van der Waals surface area contributed by atoms with E-state index in [1.54, 1.807) is 12.1 Å². The highest BCUT2D eigenvalue weighted by molar-refractivity contribution is 8.18. The molecule has 0 aliphatic carbocycles. The Balaban J connectivity index is 1.26. The van der Waals surface area contributed by atoms with E-state index in [2.05, 4.69) is 4.99 Å². The van der Waals surface area contributed by atoms with E-state index in [0.29, 0.717) is 60.8 Å². The highest BCUT2D eigenvalue weighted by Gasteiger charge is 2.42. The zero-order valence-corrected chi connectivity index (χ0v) is 22.4. The smallest absolute Gasteiger partial charge is 0.416 e. The molecule has 220 valence electrons. The van der Waals surface area contributed by atoms with Crippen LogP contribution in [0.25, 0.3) is 6.08 Å². The van der Waals surface area contributed by atoms with Crippen LogP contribution >= 0.6 is 11.8 Å². The van der Waals surface area contributed by atoms with Crippen molar-refractivity contribution in [3.8, 4) is 11.5 Å². The van der Waals surface area contributed by atoms with E-state index >= 15 is 0 Å². The zero-order valence-electron chi connectivity index (χ0n) is 21.6. The number of amidine groups is 1. The van der Waals surface area contributed by atoms with Crippen molar-refractivity contribution in [2.75, 3.05) is 33.4 Å². The molecule has 3 aliphatic heterocycles. The van der Waals surface area contributed by atoms with Gasteiger partial charge in [-0.3, -0.25) is 4.79 Å². The molecule has 14 heteroatoms. The van der Waals surface area contributed by atoms with Crippen LogP contribution in [0.5, 0.6) is 11.5 Å². The summed E-state index contributed by atoms with van der Waals surface area (Å²) in [7, 11) is 1.33. The Morgan fingerprint density at radius 3 is 2.34 bits per heavy atom. The molecule has 1 spiro atoms. The first-order chi connectivity index (χ1) is 19.4. The molecule has 0 atom stereocenters. The maximum atomic E-state index is 13.5. The third-order valence-corrected chi connectivity index (χ3v) is 7.87. The summed E-state index contributed by atoms with van der Waals surface area (Å²) in [4.78, 5) is 19.2. The number of benzene rings is 2. The van der Waals surface area contributed by atoms with Gasteiger partial charge in [-0.05, 0) is 47.7 Å². The van der Waals surface area contributed by atoms with Crippen LogP contribution < -0.4 is 9.47 Å². The number of piperidine rings is 1. The van der Waals surface area contributed by atoms with Gasteiger partial charge in [0, 0.05) is 31.5 Å². The fourth-order valence-corrected chi connectivity index (χ4v) is 5.67. The maximum Gasteiger partial charge on any atom is 0.416 e. The zero-order chi connectivity index (χ0) is 29.4. The average Bonchev–Trinajstić information content (AvgIpc) is 3.53. The summed E-state index contributed by atoms with van der Waals surface area (Å²) in [5.41, 5.74) is -2.76. The Morgan fingerprint density at radius 2 is 1.71 bits per heavy atom. The van der Waals surface area contributed by atoms with Crippen LogP contribution in [0.15, 0.2) is 46.3 Å². The molecule has 0 saturated carbocycles. The molecule has 2 aromatic carbocycles. The molecule has 1 amide bonds. The summed E-state index contributed by atoms with van der Waals surface area (Å²) in [5.74, 6) is -0.720. The van der Waals surface area contributed by atoms with E-state index in [1.165, 1.54) is 31.0 Å². The number of alkyl halides is 6. The highest BCUT2D eigenvalue weighted by Crippen LogP contribution is 2.39. The van der Waals surface area contributed by atoms with Crippen molar-refractivity contribution < 1.29 is 50.1 Å². The van der Waals surface area contributed by atoms with Crippen molar-refractivity contribution in [1.29, 1.82) is 0 Å². The molecular formula is C27H24F6N2O5S. The van der Waals surface area contributed by atoms with Gasteiger partial charge in [0.2, 0.25) is 0 Å². The fourth-order valence-electron chi connectivity index (χ4n) is 4.70. The summed E-state index contributed by atoms with van der Waals surface area (Å²) >= 11 is 1.23. The number of nitrogens with zero attached hydrogens (tertiary/aromatic N) is 2. The number of carbonyl (C=O) groups is 1. The van der Waals surface area contributed by atoms with Crippen LogP contribution in [0.1, 0.15) is 35.1 Å². The molecule has 2 saturated heterocycles. The first-order valence-corrected chi connectivity index (χ1v) is 13.3. The number of likely N-dealkylation sites (tertiary alicyclic amines) is 1. The number of methoxy groups -OCH3 is 1. The average molecular weight is 603 g/mol. The molecule has 2 aromatic rings. The van der Waals surface area contributed by atoms with Gasteiger partial charge in [0.1, 0.15) is 6.61 Å². The minimum atomic E-state index is -5.01. The summed E-state index contributed by atoms with van der Waals surface area (Å²) < 4.78 is 102. The number of halogens is 6. The van der Waals surface area contributed by atoms with E-state index in [9.17, 15) is 31.1 Å². The number of carbonyl (C=O) groups excluding carboxylic acids is 1. The second kappa shape index (κ2) is 11.2. The monoisotopic (exact) mass is 602 g/mol. The van der Waals surface area contributed by atoms with Crippen molar-refractivity contribution in [2.45, 2.75) is 37.6 Å². The lowest BCUT2D eigenvalue weighted by Crippen LogP contribution is -2.46. The van der Waals surface area contributed by atoms with Crippen molar-refractivity contribution in [3.05, 3.63) is 63.6 Å². The Morgan fingerprint density at radius 1 is 1.00 bits per heavy atom. The molecule has 5 rings (SSSR count). The quantitative estimate of drug-likeness (QED) is 0.302. The summed E-state index contributed by atoms with van der Waals surface area (Å²) in [5, 5.41) is 0.582. The van der Waals surface area contributed by atoms with Crippen molar-refractivity contribution in [3.63, 3.8) is 0 Å². The maximum absolute atomic E-state index is 13.5. The number of hydrogen-bond acceptors (Lipinski definition) is 7. The largest absolute Gasteiger partial charge is 0.493 e. The number of rotatable bonds is 5. The second-order valence-electron chi connectivity index (χ2n) is 9.47. The SMILES string of the molecule is COc1cc(/C=C2\SC(N3CCC4(CC3)OCCO4)=NC2=O)ccc1OCc1ccc(C(F)(F)F)cc1C(F)(F)F. The molecule has 3 heterocycles. The Hall–Kier alpha value is -3.23. The van der Waals surface area contributed by atoms with E-state index in [1.807, 2.05) is 4.90 Å². The predicted octanol–water partition coefficient (Wildman–Crippen LogP) is 6.12. The van der Waals surface area contributed by atoms with Gasteiger partial charge in [0.05, 0.1) is 36.4 Å². The molecule has 0 N–H and O–H groups in total. The molecule has 3 aliphatic rings. The lowest BCUT2D eigenvalue weighted by atomic mass is 10.0. The molecule has 0 aromatic heterocycles. The van der Waals surface area contributed by atoms with Gasteiger partial charge in [0.15, 0.2) is 22.5 Å². The third kappa shape index (κ3) is 6.49. The van der Waals surface area contributed by atoms with Gasteiger partial charge in [0.25, 0.3) is 5.91 Å². The Labute approximate surface area is 235 Å². The first-order valence-electron chi connectivity index (χ1n) is 12.5. The van der Waals surface area contributed by atoms with E-state index in [-0.39, 0.29) is 17.6 Å². The molecule has 0 unspecified atom stereocenters. The van der Waals surface area contributed by atoms with Crippen LogP contribution in [0, 0.1) is 0 Å². The molecule has 0 bridgehead atoms. The van der Waals surface area contributed by atoms with Crippen LogP contribution in [0.4, 0.5) is 26.3 Å². The van der Waals surface area contributed by atoms with E-state index in [4.69, 9.17) is 18.9 Å². The molecular weight excluding hydrogens is 578 g/mol. The van der Waals surface area contributed by atoms with Crippen LogP contribution in [0.3, 0.4) is 0 Å². The lowest BCUT2D eigenvalue weighted by Gasteiger charge is -2.38. The van der Waals surface area contributed by atoms with Gasteiger partial charge in [-0.1, -0.05) is 12.1 Å². The molecule has 7 nitrogen and oxygen atoms in total. The fraction of sp³-hybridized carbons (Fsp3) is 0.407. The highest BCUT2D eigenvalue weighted by atomic mass is 32.2. The van der Waals surface area contributed by atoms with Gasteiger partial charge < -0.3 is 23.8 Å². The minimum absolute atomic E-state index is 0.0655. The molecule has 2 fully saturated rings. The summed E-state index contributed by atoms with van der Waals surface area (Å²) in [6.45, 7) is 1.74. The van der Waals surface area contributed by atoms with Crippen molar-refractivity contribution in [1.82, 2.24) is 4.90 Å². The van der Waals surface area contributed by atoms with Crippen molar-refractivity contribution in [2.24, 2.45) is 4.99 Å². The Kier molecular flexibility index (Phi) is 8.01. The summed E-state index contributed by atoms with van der Waals surface area (Å²) in [6.07, 6.45) is -7.00. The van der Waals surface area contributed by atoms with Gasteiger partial charge in [-0.25, -0.2) is 0 Å². The number of ether oxygens (including phenoxy) is 4. The lowest BCUT2D eigenvalue weighted by molar-refractivity contribution is -0.180. The normalized spacial score (nSPS) is 20.2.